The van der Waals surface area contributed by atoms with E-state index in [1.165, 1.54) is 24.3 Å². The van der Waals surface area contributed by atoms with Crippen molar-refractivity contribution in [3.05, 3.63) is 29.8 Å². The van der Waals surface area contributed by atoms with Crippen LogP contribution in [0.15, 0.2) is 24.3 Å². The van der Waals surface area contributed by atoms with E-state index in [4.69, 9.17) is 15.3 Å². The first-order valence-corrected chi connectivity index (χ1v) is 4.34. The Bertz CT molecular complexity index is 344. The molecule has 3 N–H and O–H groups in total. The molecule has 76 valence electrons. The van der Waals surface area contributed by atoms with Crippen molar-refractivity contribution in [3.8, 4) is 5.75 Å². The molecule has 14 heavy (non-hydrogen) atoms. The first kappa shape index (κ1) is 11.0. The molecule has 6 heteroatoms. The summed E-state index contributed by atoms with van der Waals surface area (Å²) in [5.41, 5.74) is -0.153. The van der Waals surface area contributed by atoms with Gasteiger partial charge in [0.25, 0.3) is 0 Å². The number of hydrogen-bond donors (Lipinski definition) is 3. The molecule has 0 radical (unpaired) electrons. The fourth-order valence-electron chi connectivity index (χ4n) is 0.872. The summed E-state index contributed by atoms with van der Waals surface area (Å²) in [6, 6.07) is 5.61. The maximum absolute atomic E-state index is 10.6. The summed E-state index contributed by atoms with van der Waals surface area (Å²) >= 11 is 2.39. The molecule has 5 nitrogen and oxygen atoms in total. The number of rotatable bonds is 3. The van der Waals surface area contributed by atoms with Crippen LogP contribution in [0.1, 0.15) is 10.4 Å². The van der Waals surface area contributed by atoms with E-state index >= 15 is 0 Å². The molecule has 0 heterocycles. The Labute approximate surface area is 87.7 Å². The van der Waals surface area contributed by atoms with E-state index in [2.05, 4.69) is 20.7 Å². The van der Waals surface area contributed by atoms with Crippen molar-refractivity contribution in [2.24, 2.45) is 0 Å². The van der Waals surface area contributed by atoms with Gasteiger partial charge in [-0.1, -0.05) is 12.1 Å². The van der Waals surface area contributed by atoms with Crippen LogP contribution in [-0.4, -0.2) is 26.2 Å². The Morgan fingerprint density at radius 2 is 1.93 bits per heavy atom. The van der Waals surface area contributed by atoms with Crippen molar-refractivity contribution in [1.29, 1.82) is 0 Å². The van der Waals surface area contributed by atoms with Crippen LogP contribution < -0.4 is 4.74 Å². The number of ether oxygens (including phenoxy) is 1. The first-order chi connectivity index (χ1) is 6.40. The van der Waals surface area contributed by atoms with Gasteiger partial charge in [-0.15, -0.1) is 0 Å². The molecule has 0 saturated heterocycles. The second-order valence-electron chi connectivity index (χ2n) is 2.43. The van der Waals surface area contributed by atoms with Crippen LogP contribution in [0.4, 0.5) is 0 Å². The van der Waals surface area contributed by atoms with Crippen LogP contribution >= 0.6 is 15.9 Å². The number of hydrogen-bond acceptors (Lipinski definition) is 4. The molecule has 1 rings (SSSR count). The number of benzene rings is 1. The predicted octanol–water partition coefficient (Wildman–Crippen LogP) is 0.754. The number of carbonyl (C=O) groups is 1. The fraction of sp³-hybridized carbons (Fsp3) is 0.125. The van der Waals surface area contributed by atoms with Crippen molar-refractivity contribution in [3.63, 3.8) is 0 Å². The highest BCUT2D eigenvalue weighted by Gasteiger charge is 2.23. The van der Waals surface area contributed by atoms with Crippen molar-refractivity contribution in [2.75, 3.05) is 0 Å². The summed E-state index contributed by atoms with van der Waals surface area (Å²) in [5.74, 6) is -1.35. The first-order valence-electron chi connectivity index (χ1n) is 3.55. The molecular weight excluding hydrogens is 256 g/mol. The Kier molecular flexibility index (Phi) is 3.10. The summed E-state index contributed by atoms with van der Waals surface area (Å²) in [7, 11) is 0. The highest BCUT2D eigenvalue weighted by molar-refractivity contribution is 9.09. The maximum atomic E-state index is 10.6. The van der Waals surface area contributed by atoms with Crippen molar-refractivity contribution in [1.82, 2.24) is 0 Å². The Morgan fingerprint density at radius 1 is 1.36 bits per heavy atom. The third-order valence-corrected chi connectivity index (χ3v) is 1.52. The van der Waals surface area contributed by atoms with E-state index in [9.17, 15) is 4.79 Å². The minimum absolute atomic E-state index is 0.137. The molecule has 1 aromatic rings. The Hall–Kier alpha value is -1.11. The summed E-state index contributed by atoms with van der Waals surface area (Å²) in [6.45, 7) is 0. The summed E-state index contributed by atoms with van der Waals surface area (Å²) in [6.07, 6.45) is 0. The molecule has 0 spiro atoms. The fourth-order valence-corrected chi connectivity index (χ4v) is 1.05. The molecule has 0 aromatic heterocycles. The normalized spacial score (nSPS) is 11.1. The second-order valence-corrected chi connectivity index (χ2v) is 3.47. The van der Waals surface area contributed by atoms with Gasteiger partial charge in [0, 0.05) is 15.9 Å². The lowest BCUT2D eigenvalue weighted by atomic mass is 10.2. The van der Waals surface area contributed by atoms with Crippen LogP contribution in [0.25, 0.3) is 0 Å². The van der Waals surface area contributed by atoms with Gasteiger partial charge in [-0.05, 0) is 12.1 Å². The lowest BCUT2D eigenvalue weighted by Crippen LogP contribution is -2.27. The van der Waals surface area contributed by atoms with Crippen LogP contribution in [-0.2, 0) is 0 Å². The van der Waals surface area contributed by atoms with Gasteiger partial charge in [-0.25, -0.2) is 4.79 Å². The number of alkyl halides is 1. The minimum Gasteiger partial charge on any atom is -0.478 e. The number of para-hydroxylation sites is 1. The van der Waals surface area contributed by atoms with Gasteiger partial charge in [0.15, 0.2) is 0 Å². The largest absolute Gasteiger partial charge is 0.478 e. The number of carboxylic acid groups (broad SMARTS) is 1. The lowest BCUT2D eigenvalue weighted by Gasteiger charge is -2.16. The van der Waals surface area contributed by atoms with Gasteiger partial charge < -0.3 is 20.1 Å². The second kappa shape index (κ2) is 3.95. The molecular formula is C8H7BrO5. The average molecular weight is 263 g/mol. The van der Waals surface area contributed by atoms with E-state index in [1.807, 2.05) is 0 Å². The number of halogens is 1. The zero-order valence-electron chi connectivity index (χ0n) is 6.85. The van der Waals surface area contributed by atoms with Crippen molar-refractivity contribution < 1.29 is 24.9 Å². The van der Waals surface area contributed by atoms with Crippen molar-refractivity contribution in [2.45, 2.75) is 4.88 Å². The van der Waals surface area contributed by atoms with Gasteiger partial charge in [0.2, 0.25) is 0 Å². The van der Waals surface area contributed by atoms with Crippen LogP contribution in [0.5, 0.6) is 5.75 Å². The highest BCUT2D eigenvalue weighted by atomic mass is 79.9. The van der Waals surface area contributed by atoms with E-state index in [0.29, 0.717) is 0 Å². The zero-order valence-corrected chi connectivity index (χ0v) is 8.43. The van der Waals surface area contributed by atoms with Crippen LogP contribution in [0.3, 0.4) is 0 Å². The molecule has 0 aliphatic rings. The number of aromatic carboxylic acids is 1. The van der Waals surface area contributed by atoms with E-state index in [0.717, 1.165) is 0 Å². The standard InChI is InChI=1S/C8H7BrO5/c9-8(12,13)14-6-4-2-1-3-5(6)7(10)11/h1-4,12-13H,(H,10,11). The molecule has 0 atom stereocenters. The monoisotopic (exact) mass is 262 g/mol. The zero-order chi connectivity index (χ0) is 10.8. The Balaban J connectivity index is 3.02. The smallest absolute Gasteiger partial charge is 0.384 e. The van der Waals surface area contributed by atoms with Gasteiger partial charge in [0.1, 0.15) is 11.3 Å². The summed E-state index contributed by atoms with van der Waals surface area (Å²) in [5, 5.41) is 26.4. The third-order valence-electron chi connectivity index (χ3n) is 1.36. The molecule has 0 aliphatic heterocycles. The number of aliphatic hydroxyl groups is 2. The predicted molar refractivity (Wildman–Crippen MR) is 50.1 cm³/mol. The number of carboxylic acids is 1. The molecule has 0 amide bonds. The SMILES string of the molecule is O=C(O)c1ccccc1OC(O)(O)Br. The quantitative estimate of drug-likeness (QED) is 0.553. The molecule has 0 aliphatic carbocycles. The van der Waals surface area contributed by atoms with Gasteiger partial charge in [-0.2, -0.15) is 0 Å². The van der Waals surface area contributed by atoms with E-state index in [-0.39, 0.29) is 11.3 Å². The molecule has 0 saturated carbocycles. The lowest BCUT2D eigenvalue weighted by molar-refractivity contribution is -0.208. The topological polar surface area (TPSA) is 87.0 Å². The minimum atomic E-state index is -2.57. The van der Waals surface area contributed by atoms with Gasteiger partial charge in [-0.3, -0.25) is 0 Å². The van der Waals surface area contributed by atoms with E-state index < -0.39 is 10.9 Å². The third kappa shape index (κ3) is 2.99. The van der Waals surface area contributed by atoms with Crippen molar-refractivity contribution >= 4 is 21.9 Å². The van der Waals surface area contributed by atoms with Crippen LogP contribution in [0, 0.1) is 0 Å². The van der Waals surface area contributed by atoms with E-state index in [1.54, 1.807) is 0 Å². The van der Waals surface area contributed by atoms with Gasteiger partial charge >= 0.3 is 10.9 Å². The Morgan fingerprint density at radius 3 is 2.43 bits per heavy atom. The van der Waals surface area contributed by atoms with Gasteiger partial charge in [0.05, 0.1) is 0 Å². The molecule has 0 fully saturated rings. The molecule has 0 bridgehead atoms. The average Bonchev–Trinajstić information content (AvgIpc) is 2.01. The molecule has 0 unspecified atom stereocenters. The summed E-state index contributed by atoms with van der Waals surface area (Å²) < 4.78 is 4.54. The van der Waals surface area contributed by atoms with Crippen LogP contribution in [0.2, 0.25) is 0 Å². The maximum Gasteiger partial charge on any atom is 0.384 e. The summed E-state index contributed by atoms with van der Waals surface area (Å²) in [4.78, 5) is 8.08. The highest BCUT2D eigenvalue weighted by Crippen LogP contribution is 2.23. The molecule has 1 aromatic carbocycles.